The predicted octanol–water partition coefficient (Wildman–Crippen LogP) is 7.00. The molecule has 0 atom stereocenters. The van der Waals surface area contributed by atoms with Crippen LogP contribution in [0.15, 0.2) is 109 Å². The van der Waals surface area contributed by atoms with Crippen LogP contribution >= 0.6 is 0 Å². The van der Waals surface area contributed by atoms with Gasteiger partial charge in [-0.25, -0.2) is 0 Å². The Morgan fingerprint density at radius 3 is 1.18 bits per heavy atom. The van der Waals surface area contributed by atoms with E-state index in [4.69, 9.17) is 9.47 Å². The molecule has 2 aliphatic heterocycles. The molecule has 6 aromatic rings. The molecular weight excluding hydrogens is 823 g/mol. The fraction of sp³-hybridized carbons (Fsp3) is 0.400. The molecule has 8 rings (SSSR count). The van der Waals surface area contributed by atoms with Gasteiger partial charge in [0.2, 0.25) is 0 Å². The summed E-state index contributed by atoms with van der Waals surface area (Å²) >= 11 is 1.74. The zero-order chi connectivity index (χ0) is 38.9. The van der Waals surface area contributed by atoms with Crippen molar-refractivity contribution in [3.05, 3.63) is 131 Å². The van der Waals surface area contributed by atoms with Crippen molar-refractivity contribution in [2.24, 2.45) is 10.8 Å². The van der Waals surface area contributed by atoms with Gasteiger partial charge in [0.1, 0.15) is 0 Å². The van der Waals surface area contributed by atoms with Crippen LogP contribution in [0.1, 0.15) is 77.6 Å². The molecule has 0 radical (unpaired) electrons. The van der Waals surface area contributed by atoms with E-state index in [-0.39, 0.29) is 41.1 Å². The van der Waals surface area contributed by atoms with Crippen molar-refractivity contribution >= 4 is 27.0 Å². The maximum atomic E-state index is 5.43. The van der Waals surface area contributed by atoms with Crippen LogP contribution in [-0.2, 0) is 56.5 Å². The third kappa shape index (κ3) is 11.0. The van der Waals surface area contributed by atoms with Crippen molar-refractivity contribution in [3.63, 3.8) is 0 Å². The van der Waals surface area contributed by atoms with E-state index in [0.717, 1.165) is 39.3 Å². The third-order valence-electron chi connectivity index (χ3n) is 10.7. The Kier molecular flexibility index (Phi) is 15.5. The third-order valence-corrected chi connectivity index (χ3v) is 10.7. The fourth-order valence-corrected chi connectivity index (χ4v) is 8.10. The first-order valence-corrected chi connectivity index (χ1v) is 25.9. The minimum Gasteiger partial charge on any atom is -1.00 e. The molecule has 296 valence electrons. The molecule has 56 heavy (non-hydrogen) atoms. The van der Waals surface area contributed by atoms with Crippen molar-refractivity contribution in [1.82, 2.24) is 0 Å². The average Bonchev–Trinajstić information content (AvgIpc) is 3.69. The largest absolute Gasteiger partial charge is 1.00 e. The maximum absolute atomic E-state index is 5.43. The predicted molar refractivity (Wildman–Crippen MR) is 230 cm³/mol. The smallest absolute Gasteiger partial charge is 1.00 e. The molecule has 6 heteroatoms. The van der Waals surface area contributed by atoms with E-state index < -0.39 is 0 Å². The molecule has 0 aliphatic carbocycles. The second-order valence-electron chi connectivity index (χ2n) is 18.9. The Labute approximate surface area is 365 Å². The van der Waals surface area contributed by atoms with Gasteiger partial charge < -0.3 is 34.3 Å². The van der Waals surface area contributed by atoms with E-state index in [2.05, 4.69) is 178 Å². The summed E-state index contributed by atoms with van der Waals surface area (Å²) in [5.41, 5.74) is 12.2. The van der Waals surface area contributed by atoms with Crippen molar-refractivity contribution in [1.29, 1.82) is 0 Å². The maximum Gasteiger partial charge on any atom is -1.00 e. The summed E-state index contributed by atoms with van der Waals surface area (Å²) < 4.78 is 10.9. The summed E-state index contributed by atoms with van der Waals surface area (Å²) in [5.74, 6) is 0. The minimum atomic E-state index is 0. The molecule has 0 aromatic heterocycles. The summed E-state index contributed by atoms with van der Waals surface area (Å²) in [6.07, 6.45) is 2.20. The standard InChI is InChI=1S/2C24H27O.C2H6Si.2ClH.Zr/c2*1-23(2,3)22-11-6-5-9-20(22)19-10-7-8-18-12-17(13-21(18)19)14-24(4)15-25-16-24;1-3-2;;;/h2*5-13H,14-16H2,1-4H3;1-2H3;2*1H;/q2*-1;;;;+2/p-2. The summed E-state index contributed by atoms with van der Waals surface area (Å²) in [6.45, 7) is 26.5. The Morgan fingerprint density at radius 1 is 0.554 bits per heavy atom. The molecular formula is C50H60Cl2O2SiZr-2. The van der Waals surface area contributed by atoms with Gasteiger partial charge in [0, 0.05) is 10.8 Å². The Morgan fingerprint density at radius 2 is 0.875 bits per heavy atom. The number of rotatable bonds is 6. The topological polar surface area (TPSA) is 18.5 Å². The van der Waals surface area contributed by atoms with Crippen LogP contribution < -0.4 is 24.8 Å². The van der Waals surface area contributed by atoms with Crippen molar-refractivity contribution in [3.8, 4) is 22.3 Å². The van der Waals surface area contributed by atoms with E-state index in [1.54, 1.807) is 23.3 Å². The first-order chi connectivity index (χ1) is 25.4. The van der Waals surface area contributed by atoms with Gasteiger partial charge in [-0.1, -0.05) is 127 Å². The quantitative estimate of drug-likeness (QED) is 0.133. The van der Waals surface area contributed by atoms with E-state index in [1.165, 1.54) is 66.1 Å². The van der Waals surface area contributed by atoms with Gasteiger partial charge in [-0.2, -0.15) is 12.1 Å². The van der Waals surface area contributed by atoms with Crippen LogP contribution in [0.25, 0.3) is 43.8 Å². The Balaban J connectivity index is 0.000000220. The molecule has 6 aromatic carbocycles. The van der Waals surface area contributed by atoms with E-state index >= 15 is 0 Å². The number of hydrogen-bond acceptors (Lipinski definition) is 2. The molecule has 0 amide bonds. The van der Waals surface area contributed by atoms with E-state index in [1.807, 2.05) is 0 Å². The number of benzene rings is 4. The van der Waals surface area contributed by atoms with Crippen molar-refractivity contribution < 1.29 is 57.6 Å². The Hall–Kier alpha value is -2.30. The van der Waals surface area contributed by atoms with Gasteiger partial charge in [0.15, 0.2) is 0 Å². The van der Waals surface area contributed by atoms with Gasteiger partial charge in [0.05, 0.1) is 26.4 Å². The van der Waals surface area contributed by atoms with E-state index in [0.29, 0.717) is 10.8 Å². The Bertz CT molecular complexity index is 2080. The molecule has 2 fully saturated rings. The molecule has 2 heterocycles. The van der Waals surface area contributed by atoms with Crippen LogP contribution in [0.4, 0.5) is 0 Å². The van der Waals surface area contributed by atoms with Gasteiger partial charge >= 0.3 is 41.9 Å². The molecule has 0 spiro atoms. The molecule has 0 bridgehead atoms. The van der Waals surface area contributed by atoms with Gasteiger partial charge in [-0.05, 0) is 45.9 Å². The van der Waals surface area contributed by atoms with E-state index in [9.17, 15) is 0 Å². The number of hydrogen-bond donors (Lipinski definition) is 0. The second kappa shape index (κ2) is 18.7. The van der Waals surface area contributed by atoms with Crippen molar-refractivity contribution in [2.75, 3.05) is 26.4 Å². The van der Waals surface area contributed by atoms with Crippen LogP contribution in [0, 0.1) is 10.8 Å². The number of fused-ring (bicyclic) bond motifs is 2. The monoisotopic (exact) mass is 880 g/mol. The van der Waals surface area contributed by atoms with Crippen molar-refractivity contribution in [2.45, 2.75) is 92.2 Å². The average molecular weight is 883 g/mol. The zero-order valence-corrected chi connectivity index (χ0v) is 40.2. The van der Waals surface area contributed by atoms with Gasteiger partial charge in [0.25, 0.3) is 0 Å². The SMILES string of the molecule is CC1(Cc2cc3c(-c4ccccc4C(C)(C)C)cccc3[cH-]2)COC1.CC1(Cc2cc3c(-c4ccccc4C(C)(C)C)cccc3[cH-]2)COC1.C[Si](C)=[Zr+2].[Cl-].[Cl-]. The summed E-state index contributed by atoms with van der Waals surface area (Å²) in [4.78, 5) is 0. The van der Waals surface area contributed by atoms with Crippen LogP contribution in [0.2, 0.25) is 13.1 Å². The van der Waals surface area contributed by atoms with Crippen LogP contribution in [0.5, 0.6) is 0 Å². The van der Waals surface area contributed by atoms with Gasteiger partial charge in [-0.3, -0.25) is 0 Å². The molecule has 0 unspecified atom stereocenters. The van der Waals surface area contributed by atoms with Crippen LogP contribution in [-0.4, -0.2) is 31.9 Å². The molecule has 2 saturated heterocycles. The normalized spacial score (nSPS) is 15.5. The second-order valence-corrected chi connectivity index (χ2v) is 28.3. The summed E-state index contributed by atoms with van der Waals surface area (Å²) in [5, 5.41) is 5.44. The zero-order valence-electron chi connectivity index (χ0n) is 35.2. The fourth-order valence-electron chi connectivity index (χ4n) is 8.10. The molecule has 0 N–H and O–H groups in total. The molecule has 2 nitrogen and oxygen atoms in total. The van der Waals surface area contributed by atoms with Crippen LogP contribution in [0.3, 0.4) is 0 Å². The van der Waals surface area contributed by atoms with Gasteiger partial charge in [-0.15, -0.1) is 69.1 Å². The number of halogens is 2. The molecule has 0 saturated carbocycles. The first kappa shape index (κ1) is 46.4. The number of ether oxygens (including phenoxy) is 2. The first-order valence-electron chi connectivity index (χ1n) is 19.7. The summed E-state index contributed by atoms with van der Waals surface area (Å²) in [7, 11) is 0. The summed E-state index contributed by atoms with van der Waals surface area (Å²) in [6, 6.07) is 40.6. The minimum absolute atomic E-state index is 0. The molecule has 2 aliphatic rings.